The molecule has 1 aromatic heterocycles. The Bertz CT molecular complexity index is 1090. The van der Waals surface area contributed by atoms with Crippen LogP contribution >= 0.6 is 0 Å². The van der Waals surface area contributed by atoms with E-state index in [2.05, 4.69) is 20.4 Å². The topological polar surface area (TPSA) is 89.7 Å². The molecule has 8 nitrogen and oxygen atoms in total. The van der Waals surface area contributed by atoms with E-state index in [4.69, 9.17) is 14.0 Å². The first-order chi connectivity index (χ1) is 15.2. The van der Waals surface area contributed by atoms with Gasteiger partial charge in [0.1, 0.15) is 0 Å². The standard InChI is InChI=1S/C23H24N4O4/c1-15-4-2-3-5-18(15)21-25-23(31-26-21)27-10-8-17(9-11-27)22(28)24-13-16-6-7-19-20(12-16)30-14-29-19/h2-7,12,17H,8-11,13-14H2,1H3,(H,24,28). The van der Waals surface area contributed by atoms with Crippen molar-refractivity contribution >= 4 is 11.9 Å². The van der Waals surface area contributed by atoms with Crippen molar-refractivity contribution in [2.45, 2.75) is 26.3 Å². The number of benzene rings is 2. The van der Waals surface area contributed by atoms with Gasteiger partial charge in [-0.2, -0.15) is 4.98 Å². The second-order valence-electron chi connectivity index (χ2n) is 7.88. The highest BCUT2D eigenvalue weighted by molar-refractivity contribution is 5.79. The van der Waals surface area contributed by atoms with Gasteiger partial charge < -0.3 is 24.2 Å². The lowest BCUT2D eigenvalue weighted by atomic mass is 9.96. The second-order valence-corrected chi connectivity index (χ2v) is 7.88. The van der Waals surface area contributed by atoms with E-state index in [1.165, 1.54) is 0 Å². The van der Waals surface area contributed by atoms with Crippen molar-refractivity contribution in [2.75, 3.05) is 24.8 Å². The van der Waals surface area contributed by atoms with Crippen LogP contribution in [0.25, 0.3) is 11.4 Å². The van der Waals surface area contributed by atoms with Crippen molar-refractivity contribution in [1.82, 2.24) is 15.5 Å². The number of amides is 1. The first-order valence-electron chi connectivity index (χ1n) is 10.5. The van der Waals surface area contributed by atoms with E-state index < -0.39 is 0 Å². The van der Waals surface area contributed by atoms with Crippen LogP contribution < -0.4 is 19.7 Å². The Hall–Kier alpha value is -3.55. The minimum atomic E-state index is -0.0241. The third-order valence-electron chi connectivity index (χ3n) is 5.84. The maximum Gasteiger partial charge on any atom is 0.324 e. The monoisotopic (exact) mass is 420 g/mol. The van der Waals surface area contributed by atoms with Gasteiger partial charge in [0.05, 0.1) is 0 Å². The van der Waals surface area contributed by atoms with E-state index in [0.29, 0.717) is 31.5 Å². The van der Waals surface area contributed by atoms with Gasteiger partial charge in [-0.05, 0) is 43.0 Å². The zero-order valence-corrected chi connectivity index (χ0v) is 17.3. The molecule has 0 spiro atoms. The molecule has 0 radical (unpaired) electrons. The second kappa shape index (κ2) is 8.29. The Balaban J connectivity index is 1.14. The summed E-state index contributed by atoms with van der Waals surface area (Å²) in [4.78, 5) is 19.3. The smallest absolute Gasteiger partial charge is 0.324 e. The van der Waals surface area contributed by atoms with Gasteiger partial charge >= 0.3 is 6.01 Å². The van der Waals surface area contributed by atoms with Crippen molar-refractivity contribution < 1.29 is 18.8 Å². The third-order valence-corrected chi connectivity index (χ3v) is 5.84. The molecule has 2 aromatic carbocycles. The van der Waals surface area contributed by atoms with Crippen LogP contribution in [0.15, 0.2) is 47.0 Å². The first-order valence-corrected chi connectivity index (χ1v) is 10.5. The Morgan fingerprint density at radius 3 is 2.77 bits per heavy atom. The fourth-order valence-electron chi connectivity index (χ4n) is 3.99. The Labute approximate surface area is 180 Å². The summed E-state index contributed by atoms with van der Waals surface area (Å²) in [5, 5.41) is 7.18. The number of hydrogen-bond acceptors (Lipinski definition) is 7. The molecule has 31 heavy (non-hydrogen) atoms. The van der Waals surface area contributed by atoms with Crippen LogP contribution in [0, 0.1) is 12.8 Å². The zero-order chi connectivity index (χ0) is 21.2. The molecule has 0 saturated carbocycles. The average Bonchev–Trinajstić information content (AvgIpc) is 3.47. The highest BCUT2D eigenvalue weighted by Gasteiger charge is 2.27. The molecule has 8 heteroatoms. The van der Waals surface area contributed by atoms with Crippen LogP contribution in [-0.2, 0) is 11.3 Å². The summed E-state index contributed by atoms with van der Waals surface area (Å²) in [6.45, 7) is 4.16. The molecule has 160 valence electrons. The van der Waals surface area contributed by atoms with E-state index in [1.54, 1.807) is 0 Å². The van der Waals surface area contributed by atoms with E-state index >= 15 is 0 Å². The number of rotatable bonds is 5. The Morgan fingerprint density at radius 1 is 1.13 bits per heavy atom. The fraction of sp³-hybridized carbons (Fsp3) is 0.348. The summed E-state index contributed by atoms with van der Waals surface area (Å²) in [6.07, 6.45) is 1.49. The van der Waals surface area contributed by atoms with E-state index in [-0.39, 0.29) is 18.6 Å². The minimum Gasteiger partial charge on any atom is -0.454 e. The molecule has 1 saturated heterocycles. The molecule has 5 rings (SSSR count). The number of ether oxygens (including phenoxy) is 2. The molecule has 0 atom stereocenters. The minimum absolute atomic E-state index is 0.0241. The quantitative estimate of drug-likeness (QED) is 0.677. The zero-order valence-electron chi connectivity index (χ0n) is 17.3. The SMILES string of the molecule is Cc1ccccc1-c1noc(N2CCC(C(=O)NCc3ccc4c(c3)OCO4)CC2)n1. The number of nitrogens with one attached hydrogen (secondary N) is 1. The highest BCUT2D eigenvalue weighted by atomic mass is 16.7. The van der Waals surface area contributed by atoms with Crippen LogP contribution in [-0.4, -0.2) is 35.9 Å². The number of carbonyl (C=O) groups excluding carboxylic acids is 1. The Kier molecular flexibility index (Phi) is 5.19. The number of piperidine rings is 1. The van der Waals surface area contributed by atoms with Crippen molar-refractivity contribution in [2.24, 2.45) is 5.92 Å². The van der Waals surface area contributed by atoms with Gasteiger partial charge in [-0.3, -0.25) is 4.79 Å². The molecule has 0 unspecified atom stereocenters. The molecule has 3 aromatic rings. The number of hydrogen-bond donors (Lipinski definition) is 1. The van der Waals surface area contributed by atoms with Crippen molar-refractivity contribution in [3.63, 3.8) is 0 Å². The third kappa shape index (κ3) is 4.05. The Morgan fingerprint density at radius 2 is 1.94 bits per heavy atom. The molecule has 1 fully saturated rings. The predicted octanol–water partition coefficient (Wildman–Crippen LogP) is 3.31. The van der Waals surface area contributed by atoms with Crippen molar-refractivity contribution in [3.05, 3.63) is 53.6 Å². The molecule has 2 aliphatic heterocycles. The highest BCUT2D eigenvalue weighted by Crippen LogP contribution is 2.32. The van der Waals surface area contributed by atoms with Gasteiger partial charge in [0.2, 0.25) is 18.5 Å². The van der Waals surface area contributed by atoms with Gasteiger partial charge in [-0.1, -0.05) is 35.5 Å². The van der Waals surface area contributed by atoms with Crippen LogP contribution in [0.5, 0.6) is 11.5 Å². The van der Waals surface area contributed by atoms with Gasteiger partial charge in [0.25, 0.3) is 0 Å². The average molecular weight is 420 g/mol. The number of nitrogens with zero attached hydrogens (tertiary/aromatic N) is 3. The fourth-order valence-corrected chi connectivity index (χ4v) is 3.99. The molecular weight excluding hydrogens is 396 g/mol. The summed E-state index contributed by atoms with van der Waals surface area (Å²) in [5.41, 5.74) is 3.06. The lowest BCUT2D eigenvalue weighted by Gasteiger charge is -2.29. The van der Waals surface area contributed by atoms with Crippen molar-refractivity contribution in [3.8, 4) is 22.9 Å². The number of aryl methyl sites for hydroxylation is 1. The molecular formula is C23H24N4O4. The molecule has 2 aliphatic rings. The van der Waals surface area contributed by atoms with E-state index in [1.807, 2.05) is 49.4 Å². The summed E-state index contributed by atoms with van der Waals surface area (Å²) < 4.78 is 16.2. The van der Waals surface area contributed by atoms with Crippen molar-refractivity contribution in [1.29, 1.82) is 0 Å². The largest absolute Gasteiger partial charge is 0.454 e. The number of carbonyl (C=O) groups is 1. The summed E-state index contributed by atoms with van der Waals surface area (Å²) in [5.74, 6) is 2.11. The molecule has 3 heterocycles. The maximum absolute atomic E-state index is 12.6. The lowest BCUT2D eigenvalue weighted by molar-refractivity contribution is -0.125. The first kappa shape index (κ1) is 19.4. The molecule has 0 aliphatic carbocycles. The van der Waals surface area contributed by atoms with Crippen LogP contribution in [0.1, 0.15) is 24.0 Å². The van der Waals surface area contributed by atoms with E-state index in [0.717, 1.165) is 41.0 Å². The van der Waals surface area contributed by atoms with Gasteiger partial charge in [-0.25, -0.2) is 0 Å². The summed E-state index contributed by atoms with van der Waals surface area (Å²) in [7, 11) is 0. The van der Waals surface area contributed by atoms with Gasteiger partial charge in [-0.15, -0.1) is 0 Å². The van der Waals surface area contributed by atoms with Crippen LogP contribution in [0.2, 0.25) is 0 Å². The summed E-state index contributed by atoms with van der Waals surface area (Å²) >= 11 is 0. The normalized spacial score (nSPS) is 15.8. The van der Waals surface area contributed by atoms with Crippen LogP contribution in [0.3, 0.4) is 0 Å². The summed E-state index contributed by atoms with van der Waals surface area (Å²) in [6, 6.07) is 14.2. The molecule has 0 bridgehead atoms. The van der Waals surface area contributed by atoms with E-state index in [9.17, 15) is 4.79 Å². The number of fused-ring (bicyclic) bond motifs is 1. The van der Waals surface area contributed by atoms with Gasteiger partial charge in [0, 0.05) is 31.1 Å². The lowest BCUT2D eigenvalue weighted by Crippen LogP contribution is -2.40. The maximum atomic E-state index is 12.6. The number of aromatic nitrogens is 2. The van der Waals surface area contributed by atoms with Gasteiger partial charge in [0.15, 0.2) is 11.5 Å². The molecule has 1 amide bonds. The molecule has 1 N–H and O–H groups in total. The number of anilines is 1. The van der Waals surface area contributed by atoms with Crippen LogP contribution in [0.4, 0.5) is 6.01 Å². The predicted molar refractivity (Wildman–Crippen MR) is 114 cm³/mol.